The molecule has 1 saturated heterocycles. The van der Waals surface area contributed by atoms with E-state index in [4.69, 9.17) is 32.7 Å². The number of ether oxygens (including phenoxy) is 2. The summed E-state index contributed by atoms with van der Waals surface area (Å²) in [6.07, 6.45) is 0.661. The van der Waals surface area contributed by atoms with Crippen LogP contribution in [-0.2, 0) is 23.9 Å². The van der Waals surface area contributed by atoms with Crippen molar-refractivity contribution >= 4 is 41.0 Å². The van der Waals surface area contributed by atoms with Crippen LogP contribution in [0.1, 0.15) is 77.0 Å². The summed E-state index contributed by atoms with van der Waals surface area (Å²) < 4.78 is 10.9. The molecule has 8 heteroatoms. The first-order valence-electron chi connectivity index (χ1n) is 12.7. The Morgan fingerprint density at radius 2 is 1.70 bits per heavy atom. The molecule has 1 heterocycles. The van der Waals surface area contributed by atoms with Crippen LogP contribution in [0.25, 0.3) is 0 Å². The van der Waals surface area contributed by atoms with Gasteiger partial charge in [-0.15, -0.1) is 0 Å². The van der Waals surface area contributed by atoms with Crippen molar-refractivity contribution in [2.75, 3.05) is 6.61 Å². The van der Waals surface area contributed by atoms with Crippen LogP contribution < -0.4 is 0 Å². The zero-order valence-corrected chi connectivity index (χ0v) is 23.5. The largest absolute Gasteiger partial charge is 0.464 e. The second-order valence-electron chi connectivity index (χ2n) is 10.3. The van der Waals surface area contributed by atoms with Gasteiger partial charge in [0.25, 0.3) is 0 Å². The van der Waals surface area contributed by atoms with Crippen molar-refractivity contribution in [2.24, 2.45) is 5.92 Å². The average molecular weight is 549 g/mol. The molecule has 0 bridgehead atoms. The van der Waals surface area contributed by atoms with Gasteiger partial charge in [-0.2, -0.15) is 0 Å². The zero-order valence-electron chi connectivity index (χ0n) is 22.0. The van der Waals surface area contributed by atoms with E-state index in [-0.39, 0.29) is 24.9 Å². The minimum Gasteiger partial charge on any atom is -0.464 e. The molecule has 2 aromatic carbocycles. The van der Waals surface area contributed by atoms with Gasteiger partial charge in [-0.1, -0.05) is 54.4 Å². The van der Waals surface area contributed by atoms with Gasteiger partial charge in [0.2, 0.25) is 5.91 Å². The van der Waals surface area contributed by atoms with Crippen LogP contribution in [0.3, 0.4) is 0 Å². The SMILES string of the molecule is CCOC(=O)[C@H](CC)N1C(=O)[C@@H](CC(=O)OC(C)(C)C)C[C@H](c2cccc(Cl)c2)C1c1ccc(Cl)cc1. The van der Waals surface area contributed by atoms with E-state index in [1.54, 1.807) is 50.8 Å². The summed E-state index contributed by atoms with van der Waals surface area (Å²) in [4.78, 5) is 41.6. The molecule has 4 atom stereocenters. The Bertz CT molecular complexity index is 1110. The topological polar surface area (TPSA) is 72.9 Å². The van der Waals surface area contributed by atoms with Crippen molar-refractivity contribution in [3.05, 3.63) is 69.7 Å². The predicted octanol–water partition coefficient (Wildman–Crippen LogP) is 6.74. The number of carbonyl (C=O) groups is 3. The number of piperidine rings is 1. The van der Waals surface area contributed by atoms with Crippen LogP contribution in [0.4, 0.5) is 0 Å². The van der Waals surface area contributed by atoms with E-state index in [1.165, 1.54) is 0 Å². The minimum absolute atomic E-state index is 0.0870. The molecule has 1 fully saturated rings. The first-order valence-corrected chi connectivity index (χ1v) is 13.4. The molecule has 3 rings (SSSR count). The van der Waals surface area contributed by atoms with Gasteiger partial charge in [0, 0.05) is 21.9 Å². The van der Waals surface area contributed by atoms with Gasteiger partial charge < -0.3 is 14.4 Å². The lowest BCUT2D eigenvalue weighted by Crippen LogP contribution is -2.54. The molecular weight excluding hydrogens is 513 g/mol. The van der Waals surface area contributed by atoms with Gasteiger partial charge in [-0.05, 0) is 75.9 Å². The summed E-state index contributed by atoms with van der Waals surface area (Å²) in [5, 5.41) is 1.13. The third-order valence-corrected chi connectivity index (χ3v) is 6.91. The summed E-state index contributed by atoms with van der Waals surface area (Å²) in [5.74, 6) is -2.12. The van der Waals surface area contributed by atoms with Crippen LogP contribution in [0.5, 0.6) is 0 Å². The molecule has 6 nitrogen and oxygen atoms in total. The fourth-order valence-corrected chi connectivity index (χ4v) is 5.33. The maximum atomic E-state index is 14.1. The Morgan fingerprint density at radius 3 is 2.27 bits per heavy atom. The molecule has 0 N–H and O–H groups in total. The van der Waals surface area contributed by atoms with Gasteiger partial charge in [-0.3, -0.25) is 9.59 Å². The molecule has 0 radical (unpaired) electrons. The van der Waals surface area contributed by atoms with E-state index in [9.17, 15) is 14.4 Å². The lowest BCUT2D eigenvalue weighted by Gasteiger charge is -2.47. The molecule has 1 aliphatic rings. The summed E-state index contributed by atoms with van der Waals surface area (Å²) in [6, 6.07) is 13.5. The molecule has 1 aliphatic heterocycles. The van der Waals surface area contributed by atoms with Gasteiger partial charge in [0.05, 0.1) is 19.1 Å². The first-order chi connectivity index (χ1) is 17.4. The zero-order chi connectivity index (χ0) is 27.3. The van der Waals surface area contributed by atoms with Crippen molar-refractivity contribution < 1.29 is 23.9 Å². The lowest BCUT2D eigenvalue weighted by atomic mass is 9.74. The Morgan fingerprint density at radius 1 is 1.03 bits per heavy atom. The highest BCUT2D eigenvalue weighted by atomic mass is 35.5. The van der Waals surface area contributed by atoms with Crippen molar-refractivity contribution in [2.45, 2.75) is 77.5 Å². The summed E-state index contributed by atoms with van der Waals surface area (Å²) in [5.41, 5.74) is 1.07. The minimum atomic E-state index is -0.823. The molecule has 37 heavy (non-hydrogen) atoms. The van der Waals surface area contributed by atoms with Crippen molar-refractivity contribution in [1.82, 2.24) is 4.90 Å². The molecule has 0 aromatic heterocycles. The summed E-state index contributed by atoms with van der Waals surface area (Å²) in [6.45, 7) is 9.15. The number of carbonyl (C=O) groups excluding carboxylic acids is 3. The summed E-state index contributed by atoms with van der Waals surface area (Å²) in [7, 11) is 0. The van der Waals surface area contributed by atoms with E-state index >= 15 is 0 Å². The van der Waals surface area contributed by atoms with E-state index in [0.29, 0.717) is 22.9 Å². The molecule has 0 spiro atoms. The van der Waals surface area contributed by atoms with E-state index in [2.05, 4.69) is 0 Å². The number of likely N-dealkylation sites (tertiary alicyclic amines) is 1. The fraction of sp³-hybridized carbons (Fsp3) is 0.483. The number of hydrogen-bond donors (Lipinski definition) is 0. The normalized spacial score (nSPS) is 20.9. The Balaban J connectivity index is 2.15. The first kappa shape index (κ1) is 29.0. The van der Waals surface area contributed by atoms with E-state index < -0.39 is 35.5 Å². The highest BCUT2D eigenvalue weighted by molar-refractivity contribution is 6.30. The van der Waals surface area contributed by atoms with Crippen LogP contribution >= 0.6 is 23.2 Å². The molecule has 200 valence electrons. The Hall–Kier alpha value is -2.57. The molecule has 0 saturated carbocycles. The van der Waals surface area contributed by atoms with Crippen LogP contribution in [0, 0.1) is 5.92 Å². The molecule has 1 amide bonds. The Labute approximate surface area is 229 Å². The quantitative estimate of drug-likeness (QED) is 0.342. The number of rotatable bonds is 8. The highest BCUT2D eigenvalue weighted by Crippen LogP contribution is 2.48. The average Bonchev–Trinajstić information content (AvgIpc) is 2.81. The highest BCUT2D eigenvalue weighted by Gasteiger charge is 2.48. The van der Waals surface area contributed by atoms with Crippen LogP contribution in [0.2, 0.25) is 10.0 Å². The van der Waals surface area contributed by atoms with E-state index in [1.807, 2.05) is 37.3 Å². The standard InChI is InChI=1S/C29H35Cl2NO5/c1-6-24(28(35)36-7-2)32-26(18-11-13-21(30)14-12-18)23(19-9-8-10-22(31)15-19)16-20(27(32)34)17-25(33)37-29(3,4)5/h8-15,20,23-24,26H,6-7,16-17H2,1-5H3/t20-,23-,24+,26?/m1/s1. The Kier molecular flexibility index (Phi) is 9.65. The van der Waals surface area contributed by atoms with Gasteiger partial charge in [0.1, 0.15) is 11.6 Å². The number of esters is 2. The molecule has 1 unspecified atom stereocenters. The second-order valence-corrected chi connectivity index (χ2v) is 11.2. The lowest BCUT2D eigenvalue weighted by molar-refractivity contribution is -0.166. The molecule has 2 aromatic rings. The summed E-state index contributed by atoms with van der Waals surface area (Å²) >= 11 is 12.6. The third kappa shape index (κ3) is 7.26. The van der Waals surface area contributed by atoms with Crippen molar-refractivity contribution in [3.8, 4) is 0 Å². The smallest absolute Gasteiger partial charge is 0.328 e. The number of benzene rings is 2. The second kappa shape index (κ2) is 12.3. The number of halogens is 2. The van der Waals surface area contributed by atoms with Crippen LogP contribution in [0.15, 0.2) is 48.5 Å². The maximum absolute atomic E-state index is 14.1. The number of nitrogens with zero attached hydrogens (tertiary/aromatic N) is 1. The maximum Gasteiger partial charge on any atom is 0.328 e. The third-order valence-electron chi connectivity index (χ3n) is 6.43. The van der Waals surface area contributed by atoms with Crippen molar-refractivity contribution in [3.63, 3.8) is 0 Å². The van der Waals surface area contributed by atoms with Crippen LogP contribution in [-0.4, -0.2) is 41.0 Å². The monoisotopic (exact) mass is 547 g/mol. The van der Waals surface area contributed by atoms with Gasteiger partial charge >= 0.3 is 11.9 Å². The number of amides is 1. The fourth-order valence-electron chi connectivity index (χ4n) is 5.00. The molecular formula is C29H35Cl2NO5. The molecule has 0 aliphatic carbocycles. The van der Waals surface area contributed by atoms with Gasteiger partial charge in [0.15, 0.2) is 0 Å². The predicted molar refractivity (Wildman–Crippen MR) is 145 cm³/mol. The van der Waals surface area contributed by atoms with Gasteiger partial charge in [-0.25, -0.2) is 4.79 Å². The van der Waals surface area contributed by atoms with E-state index in [0.717, 1.165) is 11.1 Å². The number of hydrogen-bond acceptors (Lipinski definition) is 5. The van der Waals surface area contributed by atoms with Crippen molar-refractivity contribution in [1.29, 1.82) is 0 Å².